The van der Waals surface area contributed by atoms with Crippen molar-refractivity contribution in [1.29, 1.82) is 0 Å². The molecule has 0 aliphatic carbocycles. The number of rotatable bonds is 5. The van der Waals surface area contributed by atoms with Crippen molar-refractivity contribution < 1.29 is 17.6 Å². The molecule has 0 spiro atoms. The van der Waals surface area contributed by atoms with Gasteiger partial charge in [0.1, 0.15) is 28.5 Å². The summed E-state index contributed by atoms with van der Waals surface area (Å²) in [6.07, 6.45) is 2.90. The van der Waals surface area contributed by atoms with Crippen molar-refractivity contribution in [2.45, 2.75) is 4.90 Å². The van der Waals surface area contributed by atoms with Gasteiger partial charge in [-0.25, -0.2) is 22.8 Å². The number of carbonyl (C=O) groups excluding carboxylic acids is 1. The molecule has 0 saturated carbocycles. The zero-order chi connectivity index (χ0) is 22.3. The number of nitrogen functional groups attached to an aromatic ring is 1. The van der Waals surface area contributed by atoms with Crippen molar-refractivity contribution in [3.8, 4) is 0 Å². The van der Waals surface area contributed by atoms with Crippen molar-refractivity contribution in [3.63, 3.8) is 0 Å². The van der Waals surface area contributed by atoms with Gasteiger partial charge in [0, 0.05) is 24.5 Å². The van der Waals surface area contributed by atoms with Crippen LogP contribution in [0.2, 0.25) is 5.02 Å². The first-order valence-corrected chi connectivity index (χ1v) is 10.7. The summed E-state index contributed by atoms with van der Waals surface area (Å²) in [5.74, 6) is -0.875. The van der Waals surface area contributed by atoms with Crippen molar-refractivity contribution in [3.05, 3.63) is 77.0 Å². The van der Waals surface area contributed by atoms with Gasteiger partial charge in [-0.1, -0.05) is 23.7 Å². The van der Waals surface area contributed by atoms with E-state index in [1.807, 2.05) is 0 Å². The molecule has 0 aliphatic heterocycles. The number of nitrogens with one attached hydrogen (secondary N) is 1. The van der Waals surface area contributed by atoms with Crippen LogP contribution in [-0.2, 0) is 17.1 Å². The number of benzene rings is 2. The Morgan fingerprint density at radius 1 is 1.19 bits per heavy atom. The molecule has 8 nitrogen and oxygen atoms in total. The molecule has 158 valence electrons. The average Bonchev–Trinajstić information content (AvgIpc) is 3.05. The van der Waals surface area contributed by atoms with E-state index in [2.05, 4.69) is 14.7 Å². The van der Waals surface area contributed by atoms with Crippen molar-refractivity contribution >= 4 is 49.9 Å². The van der Waals surface area contributed by atoms with Crippen LogP contribution in [0.15, 0.2) is 59.9 Å². The monoisotopic (exact) mass is 459 g/mol. The van der Waals surface area contributed by atoms with Gasteiger partial charge >= 0.3 is 0 Å². The Bertz CT molecular complexity index is 1450. The lowest BCUT2D eigenvalue weighted by Crippen LogP contribution is -2.14. The molecule has 3 N–H and O–H groups in total. The zero-order valence-electron chi connectivity index (χ0n) is 16.0. The number of hydrogen-bond acceptors (Lipinski definition) is 6. The van der Waals surface area contributed by atoms with Crippen LogP contribution in [0.5, 0.6) is 0 Å². The normalized spacial score (nSPS) is 11.6. The molecular weight excluding hydrogens is 445 g/mol. The first-order chi connectivity index (χ1) is 14.7. The molecule has 0 bridgehead atoms. The topological polar surface area (TPSA) is 120 Å². The molecule has 2 heterocycles. The largest absolute Gasteiger partial charge is 0.383 e. The summed E-state index contributed by atoms with van der Waals surface area (Å²) in [7, 11) is -2.38. The van der Waals surface area contributed by atoms with Crippen LogP contribution in [0.1, 0.15) is 15.9 Å². The van der Waals surface area contributed by atoms with Crippen LogP contribution < -0.4 is 10.5 Å². The number of aromatic nitrogens is 3. The van der Waals surface area contributed by atoms with E-state index in [1.165, 1.54) is 24.5 Å². The highest BCUT2D eigenvalue weighted by atomic mass is 35.5. The van der Waals surface area contributed by atoms with E-state index >= 15 is 0 Å². The number of sulfonamides is 1. The van der Waals surface area contributed by atoms with Gasteiger partial charge in [-0.2, -0.15) is 0 Å². The third-order valence-corrected chi connectivity index (χ3v) is 6.45. The molecular formula is C20H15ClFN5O3S. The predicted octanol–water partition coefficient (Wildman–Crippen LogP) is 3.37. The summed E-state index contributed by atoms with van der Waals surface area (Å²) in [4.78, 5) is 20.9. The van der Waals surface area contributed by atoms with Gasteiger partial charge in [0.15, 0.2) is 5.78 Å². The van der Waals surface area contributed by atoms with Gasteiger partial charge in [0.2, 0.25) is 0 Å². The molecule has 4 rings (SSSR count). The summed E-state index contributed by atoms with van der Waals surface area (Å²) in [6, 6.07) is 8.90. The molecule has 0 fully saturated rings. The lowest BCUT2D eigenvalue weighted by atomic mass is 10.0. The number of hydrogen-bond donors (Lipinski definition) is 2. The van der Waals surface area contributed by atoms with E-state index < -0.39 is 15.8 Å². The SMILES string of the molecule is Cn1cc(C(=O)c2cccc(NS(=O)(=O)c3ccc(F)cc3Cl)c2)c2c(N)ncnc21. The van der Waals surface area contributed by atoms with E-state index in [-0.39, 0.29) is 38.3 Å². The summed E-state index contributed by atoms with van der Waals surface area (Å²) in [5.41, 5.74) is 7.09. The molecule has 0 saturated heterocycles. The standard InChI is InChI=1S/C20H15ClFN5O3S/c1-27-9-14(17-19(23)24-10-25-20(17)27)18(28)11-3-2-4-13(7-11)26-31(29,30)16-6-5-12(22)8-15(16)21/h2-10,26H,1H3,(H2,23,24,25). The summed E-state index contributed by atoms with van der Waals surface area (Å²) in [6.45, 7) is 0. The lowest BCUT2D eigenvalue weighted by molar-refractivity contribution is 0.104. The van der Waals surface area contributed by atoms with E-state index in [0.717, 1.165) is 18.2 Å². The van der Waals surface area contributed by atoms with Crippen LogP contribution in [-0.4, -0.2) is 28.7 Å². The molecule has 0 radical (unpaired) electrons. The van der Waals surface area contributed by atoms with E-state index in [4.69, 9.17) is 17.3 Å². The van der Waals surface area contributed by atoms with Crippen LogP contribution in [0.4, 0.5) is 15.9 Å². The molecule has 0 amide bonds. The van der Waals surface area contributed by atoms with Gasteiger partial charge in [0.05, 0.1) is 16.0 Å². The van der Waals surface area contributed by atoms with E-state index in [1.54, 1.807) is 23.9 Å². The van der Waals surface area contributed by atoms with Gasteiger partial charge in [-0.3, -0.25) is 9.52 Å². The second-order valence-electron chi connectivity index (χ2n) is 6.70. The molecule has 4 aromatic rings. The maximum Gasteiger partial charge on any atom is 0.263 e. The number of anilines is 2. The Morgan fingerprint density at radius 3 is 2.71 bits per heavy atom. The first kappa shape index (κ1) is 20.8. The fourth-order valence-electron chi connectivity index (χ4n) is 3.19. The number of nitrogens with zero attached hydrogens (tertiary/aromatic N) is 3. The van der Waals surface area contributed by atoms with E-state index in [9.17, 15) is 17.6 Å². The quantitative estimate of drug-likeness (QED) is 0.441. The van der Waals surface area contributed by atoms with Crippen molar-refractivity contribution in [1.82, 2.24) is 14.5 Å². The van der Waals surface area contributed by atoms with Gasteiger partial charge in [-0.15, -0.1) is 0 Å². The minimum Gasteiger partial charge on any atom is -0.383 e. The average molecular weight is 460 g/mol. The van der Waals surface area contributed by atoms with Gasteiger partial charge in [0.25, 0.3) is 10.0 Å². The van der Waals surface area contributed by atoms with Crippen molar-refractivity contribution in [2.24, 2.45) is 7.05 Å². The Kier molecular flexibility index (Phi) is 5.11. The zero-order valence-corrected chi connectivity index (χ0v) is 17.6. The summed E-state index contributed by atoms with van der Waals surface area (Å²) >= 11 is 5.88. The summed E-state index contributed by atoms with van der Waals surface area (Å²) < 4.78 is 42.6. The molecule has 11 heteroatoms. The molecule has 2 aromatic carbocycles. The third kappa shape index (κ3) is 3.82. The minimum atomic E-state index is -4.11. The highest BCUT2D eigenvalue weighted by Crippen LogP contribution is 2.28. The number of fused-ring (bicyclic) bond motifs is 1. The van der Waals surface area contributed by atoms with Crippen LogP contribution >= 0.6 is 11.6 Å². The number of aryl methyl sites for hydroxylation is 1. The highest BCUT2D eigenvalue weighted by molar-refractivity contribution is 7.92. The van der Waals surface area contributed by atoms with Crippen molar-refractivity contribution in [2.75, 3.05) is 10.5 Å². The second kappa shape index (κ2) is 7.64. The van der Waals surface area contributed by atoms with Crippen LogP contribution in [0.3, 0.4) is 0 Å². The first-order valence-electron chi connectivity index (χ1n) is 8.85. The second-order valence-corrected chi connectivity index (χ2v) is 8.76. The maximum absolute atomic E-state index is 13.3. The van der Waals surface area contributed by atoms with Crippen LogP contribution in [0, 0.1) is 5.82 Å². The third-order valence-electron chi connectivity index (χ3n) is 4.59. The Labute approximate surface area is 181 Å². The van der Waals surface area contributed by atoms with Gasteiger partial charge < -0.3 is 10.3 Å². The number of nitrogens with two attached hydrogens (primary N) is 1. The maximum atomic E-state index is 13.3. The minimum absolute atomic E-state index is 0.135. The van der Waals surface area contributed by atoms with Gasteiger partial charge in [-0.05, 0) is 30.3 Å². The summed E-state index contributed by atoms with van der Waals surface area (Å²) in [5, 5.41) is 0.157. The smallest absolute Gasteiger partial charge is 0.263 e. The fourth-order valence-corrected chi connectivity index (χ4v) is 4.77. The Balaban J connectivity index is 1.70. The number of carbonyl (C=O) groups is 1. The molecule has 2 aromatic heterocycles. The highest BCUT2D eigenvalue weighted by Gasteiger charge is 2.21. The molecule has 0 aliphatic rings. The number of halogens is 2. The molecule has 31 heavy (non-hydrogen) atoms. The molecule has 0 atom stereocenters. The Hall–Kier alpha value is -3.50. The fraction of sp³-hybridized carbons (Fsp3) is 0.0500. The lowest BCUT2D eigenvalue weighted by Gasteiger charge is -2.10. The predicted molar refractivity (Wildman–Crippen MR) is 115 cm³/mol. The number of ketones is 1. The molecule has 0 unspecified atom stereocenters. The van der Waals surface area contributed by atoms with Crippen LogP contribution in [0.25, 0.3) is 11.0 Å². The Morgan fingerprint density at radius 2 is 1.97 bits per heavy atom. The van der Waals surface area contributed by atoms with E-state index in [0.29, 0.717) is 11.0 Å².